The van der Waals surface area contributed by atoms with E-state index in [0.29, 0.717) is 11.3 Å². The fourth-order valence-corrected chi connectivity index (χ4v) is 2.49. The standard InChI is InChI=1S/C18H15N3O4/c1-11(22)12-6-8-13(9-7-12)19-16(23)10-21-18(25)15-5-3-2-4-14(15)17(24)20-21/h2-9H,10H2,1H3,(H,19,23)(H,20,24). The highest BCUT2D eigenvalue weighted by molar-refractivity contribution is 5.95. The summed E-state index contributed by atoms with van der Waals surface area (Å²) >= 11 is 0. The van der Waals surface area contributed by atoms with E-state index in [2.05, 4.69) is 10.4 Å². The van der Waals surface area contributed by atoms with Gasteiger partial charge in [-0.1, -0.05) is 12.1 Å². The third-order valence-corrected chi connectivity index (χ3v) is 3.76. The van der Waals surface area contributed by atoms with Crippen molar-refractivity contribution in [2.24, 2.45) is 0 Å². The van der Waals surface area contributed by atoms with E-state index in [0.717, 1.165) is 4.68 Å². The number of carbonyl (C=O) groups excluding carboxylic acids is 2. The van der Waals surface area contributed by atoms with Crippen molar-refractivity contribution in [1.29, 1.82) is 0 Å². The van der Waals surface area contributed by atoms with Crippen LogP contribution in [0.5, 0.6) is 0 Å². The Balaban J connectivity index is 1.82. The molecule has 0 saturated carbocycles. The Morgan fingerprint density at radius 1 is 1.00 bits per heavy atom. The number of hydrogen-bond donors (Lipinski definition) is 2. The summed E-state index contributed by atoms with van der Waals surface area (Å²) in [6, 6.07) is 12.8. The van der Waals surface area contributed by atoms with Crippen LogP contribution in [0.3, 0.4) is 0 Å². The van der Waals surface area contributed by atoms with Gasteiger partial charge < -0.3 is 5.32 Å². The number of rotatable bonds is 4. The van der Waals surface area contributed by atoms with Crippen LogP contribution in [0.25, 0.3) is 10.8 Å². The van der Waals surface area contributed by atoms with Crippen LogP contribution in [0, 0.1) is 0 Å². The quantitative estimate of drug-likeness (QED) is 0.705. The van der Waals surface area contributed by atoms with E-state index in [1.165, 1.54) is 6.92 Å². The highest BCUT2D eigenvalue weighted by Crippen LogP contribution is 2.10. The van der Waals surface area contributed by atoms with E-state index in [4.69, 9.17) is 0 Å². The molecule has 0 aliphatic rings. The van der Waals surface area contributed by atoms with Crippen LogP contribution in [0.1, 0.15) is 17.3 Å². The Hall–Kier alpha value is -3.48. The van der Waals surface area contributed by atoms with Crippen LogP contribution < -0.4 is 16.4 Å². The van der Waals surface area contributed by atoms with Crippen molar-refractivity contribution in [3.05, 3.63) is 74.8 Å². The molecule has 1 aromatic heterocycles. The molecule has 0 atom stereocenters. The van der Waals surface area contributed by atoms with Gasteiger partial charge in [-0.3, -0.25) is 24.3 Å². The normalized spacial score (nSPS) is 10.6. The van der Waals surface area contributed by atoms with Crippen molar-refractivity contribution in [3.8, 4) is 0 Å². The second kappa shape index (κ2) is 6.56. The zero-order valence-electron chi connectivity index (χ0n) is 13.4. The molecule has 1 heterocycles. The molecule has 2 N–H and O–H groups in total. The summed E-state index contributed by atoms with van der Waals surface area (Å²) < 4.78 is 0.976. The van der Waals surface area contributed by atoms with E-state index >= 15 is 0 Å². The number of anilines is 1. The molecule has 0 fully saturated rings. The van der Waals surface area contributed by atoms with Crippen molar-refractivity contribution in [3.63, 3.8) is 0 Å². The molecule has 0 unspecified atom stereocenters. The Morgan fingerprint density at radius 3 is 2.28 bits per heavy atom. The number of nitrogens with zero attached hydrogens (tertiary/aromatic N) is 1. The zero-order chi connectivity index (χ0) is 18.0. The van der Waals surface area contributed by atoms with E-state index < -0.39 is 17.0 Å². The first-order valence-corrected chi connectivity index (χ1v) is 7.58. The Kier molecular flexibility index (Phi) is 4.30. The maximum Gasteiger partial charge on any atom is 0.273 e. The van der Waals surface area contributed by atoms with Gasteiger partial charge in [0.05, 0.1) is 10.8 Å². The molecular weight excluding hydrogens is 322 g/mol. The van der Waals surface area contributed by atoms with Crippen LogP contribution in [0.2, 0.25) is 0 Å². The molecule has 3 rings (SSSR count). The Bertz CT molecular complexity index is 1080. The summed E-state index contributed by atoms with van der Waals surface area (Å²) in [6.07, 6.45) is 0. The SMILES string of the molecule is CC(=O)c1ccc(NC(=O)Cn2[nH]c(=O)c3ccccc3c2=O)cc1. The minimum atomic E-state index is -0.469. The van der Waals surface area contributed by atoms with Gasteiger partial charge in [-0.15, -0.1) is 0 Å². The number of H-pyrrole nitrogens is 1. The molecule has 7 nitrogen and oxygen atoms in total. The molecule has 0 saturated heterocycles. The summed E-state index contributed by atoms with van der Waals surface area (Å²) in [5.74, 6) is -0.540. The van der Waals surface area contributed by atoms with Crippen molar-refractivity contribution < 1.29 is 9.59 Å². The fraction of sp³-hybridized carbons (Fsp3) is 0.111. The first-order valence-electron chi connectivity index (χ1n) is 7.58. The number of benzene rings is 2. The minimum Gasteiger partial charge on any atom is -0.324 e. The van der Waals surface area contributed by atoms with Crippen LogP contribution in [0.15, 0.2) is 58.1 Å². The lowest BCUT2D eigenvalue weighted by molar-refractivity contribution is -0.117. The van der Waals surface area contributed by atoms with Gasteiger partial charge in [-0.25, -0.2) is 4.68 Å². The summed E-state index contributed by atoms with van der Waals surface area (Å²) in [7, 11) is 0. The lowest BCUT2D eigenvalue weighted by atomic mass is 10.1. The van der Waals surface area contributed by atoms with E-state index in [1.807, 2.05) is 0 Å². The third-order valence-electron chi connectivity index (χ3n) is 3.76. The molecule has 3 aromatic rings. The van der Waals surface area contributed by atoms with Crippen molar-refractivity contribution in [2.45, 2.75) is 13.5 Å². The number of amides is 1. The van der Waals surface area contributed by atoms with E-state index in [9.17, 15) is 19.2 Å². The highest BCUT2D eigenvalue weighted by atomic mass is 16.2. The second-order valence-corrected chi connectivity index (χ2v) is 5.56. The maximum atomic E-state index is 12.4. The minimum absolute atomic E-state index is 0.0711. The summed E-state index contributed by atoms with van der Waals surface area (Å²) in [5.41, 5.74) is 0.144. The number of fused-ring (bicyclic) bond motifs is 1. The number of aromatic nitrogens is 2. The molecule has 2 aromatic carbocycles. The molecule has 0 radical (unpaired) electrons. The van der Waals surface area contributed by atoms with Gasteiger partial charge in [-0.05, 0) is 43.3 Å². The fourth-order valence-electron chi connectivity index (χ4n) is 2.49. The number of ketones is 1. The van der Waals surface area contributed by atoms with Crippen molar-refractivity contribution in [1.82, 2.24) is 9.78 Å². The van der Waals surface area contributed by atoms with Crippen LogP contribution in [-0.2, 0) is 11.3 Å². The van der Waals surface area contributed by atoms with Gasteiger partial charge >= 0.3 is 0 Å². The number of nitrogens with one attached hydrogen (secondary N) is 2. The third kappa shape index (κ3) is 3.40. The number of carbonyl (C=O) groups is 2. The molecule has 25 heavy (non-hydrogen) atoms. The van der Waals surface area contributed by atoms with Gasteiger partial charge in [-0.2, -0.15) is 0 Å². The van der Waals surface area contributed by atoms with Gasteiger partial charge in [0.2, 0.25) is 5.91 Å². The van der Waals surface area contributed by atoms with Gasteiger partial charge in [0.25, 0.3) is 11.1 Å². The van der Waals surface area contributed by atoms with Crippen LogP contribution >= 0.6 is 0 Å². The number of hydrogen-bond acceptors (Lipinski definition) is 4. The van der Waals surface area contributed by atoms with Crippen molar-refractivity contribution >= 4 is 28.2 Å². The molecule has 1 amide bonds. The van der Waals surface area contributed by atoms with E-state index in [1.54, 1.807) is 48.5 Å². The largest absolute Gasteiger partial charge is 0.324 e. The Morgan fingerprint density at radius 2 is 1.64 bits per heavy atom. The van der Waals surface area contributed by atoms with Crippen LogP contribution in [-0.4, -0.2) is 21.5 Å². The predicted octanol–water partition coefficient (Wildman–Crippen LogP) is 1.53. The molecule has 0 bridgehead atoms. The molecule has 0 spiro atoms. The molecule has 0 aliphatic heterocycles. The lowest BCUT2D eigenvalue weighted by Crippen LogP contribution is -2.34. The lowest BCUT2D eigenvalue weighted by Gasteiger charge is -2.08. The summed E-state index contributed by atoms with van der Waals surface area (Å²) in [6.45, 7) is 1.13. The Labute approximate surface area is 141 Å². The summed E-state index contributed by atoms with van der Waals surface area (Å²) in [4.78, 5) is 47.8. The molecule has 0 aliphatic carbocycles. The predicted molar refractivity (Wildman–Crippen MR) is 93.9 cm³/mol. The average molecular weight is 337 g/mol. The second-order valence-electron chi connectivity index (χ2n) is 5.56. The molecular formula is C18H15N3O4. The molecule has 7 heteroatoms. The maximum absolute atomic E-state index is 12.4. The highest BCUT2D eigenvalue weighted by Gasteiger charge is 2.10. The average Bonchev–Trinajstić information content (AvgIpc) is 2.60. The van der Waals surface area contributed by atoms with E-state index in [-0.39, 0.29) is 23.1 Å². The number of aromatic amines is 1. The van der Waals surface area contributed by atoms with Crippen LogP contribution in [0.4, 0.5) is 5.69 Å². The van der Waals surface area contributed by atoms with Gasteiger partial charge in [0.1, 0.15) is 6.54 Å². The number of Topliss-reactive ketones (excluding diaryl/α,β-unsaturated/α-hetero) is 1. The monoisotopic (exact) mass is 337 g/mol. The summed E-state index contributed by atoms with van der Waals surface area (Å²) in [5, 5.41) is 5.56. The molecule has 126 valence electrons. The first kappa shape index (κ1) is 16.4. The zero-order valence-corrected chi connectivity index (χ0v) is 13.4. The van der Waals surface area contributed by atoms with Gasteiger partial charge in [0, 0.05) is 11.3 Å². The van der Waals surface area contributed by atoms with Gasteiger partial charge in [0.15, 0.2) is 5.78 Å². The van der Waals surface area contributed by atoms with Crippen molar-refractivity contribution in [2.75, 3.05) is 5.32 Å². The topological polar surface area (TPSA) is 101 Å². The first-order chi connectivity index (χ1) is 12.0. The smallest absolute Gasteiger partial charge is 0.273 e.